The molecule has 4 rings (SSSR count). The molecule has 1 aromatic heterocycles. The van der Waals surface area contributed by atoms with Crippen molar-refractivity contribution in [2.75, 3.05) is 10.6 Å². The second-order valence-corrected chi connectivity index (χ2v) is 10.6. The van der Waals surface area contributed by atoms with Gasteiger partial charge in [-0.05, 0) is 69.2 Å². The van der Waals surface area contributed by atoms with Crippen LogP contribution in [0.4, 0.5) is 11.4 Å². The Labute approximate surface area is 201 Å². The lowest BCUT2D eigenvalue weighted by Gasteiger charge is -2.15. The van der Waals surface area contributed by atoms with Crippen LogP contribution in [0.15, 0.2) is 65.0 Å². The van der Waals surface area contributed by atoms with E-state index in [2.05, 4.69) is 34.7 Å². The Bertz CT molecular complexity index is 1310. The Morgan fingerprint density at radius 2 is 1.64 bits per heavy atom. The van der Waals surface area contributed by atoms with Crippen molar-refractivity contribution in [3.63, 3.8) is 0 Å². The maximum Gasteiger partial charge on any atom is 0.255 e. The number of carbonyl (C=O) groups excluding carboxylic acids is 2. The van der Waals surface area contributed by atoms with E-state index >= 15 is 0 Å². The fourth-order valence-corrected chi connectivity index (χ4v) is 5.88. The molecule has 0 saturated carbocycles. The first-order chi connectivity index (χ1) is 15.8. The average molecular weight is 476 g/mol. The summed E-state index contributed by atoms with van der Waals surface area (Å²) < 4.78 is 1.78. The summed E-state index contributed by atoms with van der Waals surface area (Å²) in [4.78, 5) is 29.9. The number of nitrogens with one attached hydrogen (secondary N) is 2. The van der Waals surface area contributed by atoms with Crippen molar-refractivity contribution in [2.24, 2.45) is 0 Å². The summed E-state index contributed by atoms with van der Waals surface area (Å²) in [5.41, 5.74) is 6.34. The minimum Gasteiger partial charge on any atom is -0.325 e. The lowest BCUT2D eigenvalue weighted by atomic mass is 10.1. The zero-order chi connectivity index (χ0) is 23.5. The highest BCUT2D eigenvalue weighted by Gasteiger charge is 2.19. The third-order valence-electron chi connectivity index (χ3n) is 5.23. The molecular formula is C26H25N3O2S2. The first kappa shape index (κ1) is 23.0. The van der Waals surface area contributed by atoms with Gasteiger partial charge in [0.15, 0.2) is 4.34 Å². The van der Waals surface area contributed by atoms with E-state index in [9.17, 15) is 9.59 Å². The maximum atomic E-state index is 12.8. The Balaban J connectivity index is 1.44. The van der Waals surface area contributed by atoms with Gasteiger partial charge in [0.2, 0.25) is 5.91 Å². The van der Waals surface area contributed by atoms with E-state index < -0.39 is 0 Å². The first-order valence-corrected chi connectivity index (χ1v) is 12.3. The first-order valence-electron chi connectivity index (χ1n) is 10.6. The number of anilines is 2. The second kappa shape index (κ2) is 9.77. The fourth-order valence-electron chi connectivity index (χ4n) is 3.63. The Hall–Kier alpha value is -3.16. The number of rotatable bonds is 6. The molecule has 1 heterocycles. The van der Waals surface area contributed by atoms with E-state index in [-0.39, 0.29) is 17.1 Å². The molecular weight excluding hydrogens is 450 g/mol. The summed E-state index contributed by atoms with van der Waals surface area (Å²) in [5, 5.41) is 5.70. The number of thioether (sulfide) groups is 1. The SMILES string of the molecule is Cc1cc(C)c(NC(=O)[C@@H](C)Sc2nc3ccc(NC(=O)c4ccccc4)cc3s2)c(C)c1. The van der Waals surface area contributed by atoms with Gasteiger partial charge in [0.05, 0.1) is 15.5 Å². The molecule has 7 heteroatoms. The zero-order valence-electron chi connectivity index (χ0n) is 18.9. The highest BCUT2D eigenvalue weighted by atomic mass is 32.2. The summed E-state index contributed by atoms with van der Waals surface area (Å²) in [6.07, 6.45) is 0. The van der Waals surface area contributed by atoms with Crippen molar-refractivity contribution in [3.05, 3.63) is 82.9 Å². The van der Waals surface area contributed by atoms with Crippen LogP contribution in [0.1, 0.15) is 34.0 Å². The Morgan fingerprint density at radius 3 is 2.33 bits per heavy atom. The second-order valence-electron chi connectivity index (χ2n) is 8.01. The molecule has 1 atom stereocenters. The minimum absolute atomic E-state index is 0.0508. The normalized spacial score (nSPS) is 11.9. The number of thiazole rings is 1. The van der Waals surface area contributed by atoms with Gasteiger partial charge in [-0.15, -0.1) is 11.3 Å². The van der Waals surface area contributed by atoms with Crippen LogP contribution in [-0.4, -0.2) is 22.0 Å². The van der Waals surface area contributed by atoms with E-state index in [0.29, 0.717) is 11.3 Å². The molecule has 2 N–H and O–H groups in total. The van der Waals surface area contributed by atoms with Crippen molar-refractivity contribution in [1.82, 2.24) is 4.98 Å². The quantitative estimate of drug-likeness (QED) is 0.309. The minimum atomic E-state index is -0.303. The van der Waals surface area contributed by atoms with Gasteiger partial charge >= 0.3 is 0 Å². The molecule has 0 unspecified atom stereocenters. The molecule has 33 heavy (non-hydrogen) atoms. The van der Waals surface area contributed by atoms with Gasteiger partial charge in [-0.3, -0.25) is 9.59 Å². The van der Waals surface area contributed by atoms with E-state index in [1.54, 1.807) is 12.1 Å². The Kier molecular flexibility index (Phi) is 6.81. The molecule has 168 valence electrons. The predicted molar refractivity (Wildman–Crippen MR) is 139 cm³/mol. The topological polar surface area (TPSA) is 71.1 Å². The third kappa shape index (κ3) is 5.43. The fraction of sp³-hybridized carbons (Fsp3) is 0.192. The zero-order valence-corrected chi connectivity index (χ0v) is 20.6. The van der Waals surface area contributed by atoms with Crippen LogP contribution in [-0.2, 0) is 4.79 Å². The molecule has 0 aliphatic carbocycles. The molecule has 0 saturated heterocycles. The summed E-state index contributed by atoms with van der Waals surface area (Å²) in [5.74, 6) is -0.203. The number of amides is 2. The number of benzene rings is 3. The smallest absolute Gasteiger partial charge is 0.255 e. The average Bonchev–Trinajstić information content (AvgIpc) is 3.18. The number of fused-ring (bicyclic) bond motifs is 1. The molecule has 3 aromatic carbocycles. The highest BCUT2D eigenvalue weighted by molar-refractivity contribution is 8.02. The molecule has 0 aliphatic heterocycles. The van der Waals surface area contributed by atoms with E-state index in [0.717, 1.165) is 31.4 Å². The monoisotopic (exact) mass is 475 g/mol. The van der Waals surface area contributed by atoms with Gasteiger partial charge in [0.1, 0.15) is 0 Å². The number of aryl methyl sites for hydroxylation is 3. The highest BCUT2D eigenvalue weighted by Crippen LogP contribution is 2.34. The number of hydrogen-bond donors (Lipinski definition) is 2. The van der Waals surface area contributed by atoms with Crippen LogP contribution in [0.3, 0.4) is 0 Å². The van der Waals surface area contributed by atoms with Gasteiger partial charge in [-0.2, -0.15) is 0 Å². The van der Waals surface area contributed by atoms with Gasteiger partial charge in [0, 0.05) is 16.9 Å². The number of nitrogens with zero attached hydrogens (tertiary/aromatic N) is 1. The van der Waals surface area contributed by atoms with Gasteiger partial charge in [0.25, 0.3) is 5.91 Å². The summed E-state index contributed by atoms with van der Waals surface area (Å²) >= 11 is 2.95. The predicted octanol–water partition coefficient (Wildman–Crippen LogP) is 6.59. The molecule has 0 spiro atoms. The van der Waals surface area contributed by atoms with Gasteiger partial charge in [-0.1, -0.05) is 47.7 Å². The molecule has 0 bridgehead atoms. The van der Waals surface area contributed by atoms with Gasteiger partial charge < -0.3 is 10.6 Å². The van der Waals surface area contributed by atoms with Crippen molar-refractivity contribution < 1.29 is 9.59 Å². The molecule has 0 radical (unpaired) electrons. The molecule has 0 aliphatic rings. The molecule has 0 fully saturated rings. The lowest BCUT2D eigenvalue weighted by molar-refractivity contribution is -0.115. The molecule has 2 amide bonds. The van der Waals surface area contributed by atoms with Crippen LogP contribution in [0.25, 0.3) is 10.2 Å². The van der Waals surface area contributed by atoms with Gasteiger partial charge in [-0.25, -0.2) is 4.98 Å². The standard InChI is InChI=1S/C26H25N3O2S2/c1-15-12-16(2)23(17(3)13-15)29-24(30)18(4)32-26-28-21-11-10-20(14-22(21)33-26)27-25(31)19-8-6-5-7-9-19/h5-14,18H,1-4H3,(H,27,31)(H,29,30)/t18-/m1/s1. The largest absolute Gasteiger partial charge is 0.325 e. The maximum absolute atomic E-state index is 12.8. The molecule has 5 nitrogen and oxygen atoms in total. The van der Waals surface area contributed by atoms with Crippen LogP contribution in [0.2, 0.25) is 0 Å². The van der Waals surface area contributed by atoms with Crippen molar-refractivity contribution in [2.45, 2.75) is 37.3 Å². The van der Waals surface area contributed by atoms with Crippen molar-refractivity contribution in [1.29, 1.82) is 0 Å². The number of hydrogen-bond acceptors (Lipinski definition) is 5. The number of aromatic nitrogens is 1. The van der Waals surface area contributed by atoms with Crippen molar-refractivity contribution in [3.8, 4) is 0 Å². The van der Waals surface area contributed by atoms with E-state index in [1.807, 2.05) is 57.2 Å². The van der Waals surface area contributed by atoms with E-state index in [4.69, 9.17) is 0 Å². The molecule has 4 aromatic rings. The number of carbonyl (C=O) groups is 2. The van der Waals surface area contributed by atoms with Crippen LogP contribution in [0.5, 0.6) is 0 Å². The van der Waals surface area contributed by atoms with Crippen molar-refractivity contribution >= 4 is 56.5 Å². The third-order valence-corrected chi connectivity index (χ3v) is 7.45. The Morgan fingerprint density at radius 1 is 0.939 bits per heavy atom. The summed E-state index contributed by atoms with van der Waals surface area (Å²) in [6.45, 7) is 7.95. The van der Waals surface area contributed by atoms with E-state index in [1.165, 1.54) is 28.7 Å². The summed E-state index contributed by atoms with van der Waals surface area (Å²) in [6, 6.07) is 18.9. The summed E-state index contributed by atoms with van der Waals surface area (Å²) in [7, 11) is 0. The van der Waals surface area contributed by atoms with Crippen LogP contribution >= 0.6 is 23.1 Å². The van der Waals surface area contributed by atoms with Crippen LogP contribution in [0, 0.1) is 20.8 Å². The lowest BCUT2D eigenvalue weighted by Crippen LogP contribution is -2.23. The van der Waals surface area contributed by atoms with Crippen LogP contribution < -0.4 is 10.6 Å².